The number of carbonyl (C=O) groups is 2. The van der Waals surface area contributed by atoms with Crippen LogP contribution < -0.4 is 5.32 Å². The molecule has 1 aromatic heterocycles. The molecule has 2 aromatic rings. The van der Waals surface area contributed by atoms with E-state index in [1.807, 2.05) is 36.1 Å². The quantitative estimate of drug-likeness (QED) is 0.907. The van der Waals surface area contributed by atoms with E-state index in [0.717, 1.165) is 36.8 Å². The highest BCUT2D eigenvalue weighted by Gasteiger charge is 2.25. The zero-order valence-electron chi connectivity index (χ0n) is 14.6. The number of piperidine rings is 1. The van der Waals surface area contributed by atoms with E-state index in [9.17, 15) is 9.59 Å². The van der Waals surface area contributed by atoms with Gasteiger partial charge >= 0.3 is 0 Å². The van der Waals surface area contributed by atoms with Gasteiger partial charge in [0.25, 0.3) is 5.91 Å². The molecule has 0 radical (unpaired) electrons. The van der Waals surface area contributed by atoms with Crippen molar-refractivity contribution in [3.63, 3.8) is 0 Å². The van der Waals surface area contributed by atoms with E-state index in [2.05, 4.69) is 15.3 Å². The van der Waals surface area contributed by atoms with Gasteiger partial charge in [-0.3, -0.25) is 14.6 Å². The van der Waals surface area contributed by atoms with Crippen LogP contribution in [0.1, 0.15) is 43.1 Å². The van der Waals surface area contributed by atoms with Crippen LogP contribution in [0.15, 0.2) is 30.5 Å². The third kappa shape index (κ3) is 4.32. The SMILES string of the molecule is CCCC(=O)NCC1CCCN(C(=O)c2cnc3ccccc3n2)C1. The molecule has 1 saturated heterocycles. The maximum absolute atomic E-state index is 12.8. The second kappa shape index (κ2) is 8.05. The van der Waals surface area contributed by atoms with E-state index in [1.165, 1.54) is 0 Å². The van der Waals surface area contributed by atoms with E-state index >= 15 is 0 Å². The number of likely N-dealkylation sites (tertiary alicyclic amines) is 1. The predicted octanol–water partition coefficient (Wildman–Crippen LogP) is 2.40. The van der Waals surface area contributed by atoms with Crippen molar-refractivity contribution in [3.05, 3.63) is 36.2 Å². The monoisotopic (exact) mass is 340 g/mol. The largest absolute Gasteiger partial charge is 0.356 e. The summed E-state index contributed by atoms with van der Waals surface area (Å²) in [7, 11) is 0. The molecule has 3 rings (SSSR count). The minimum atomic E-state index is -0.0807. The first-order valence-electron chi connectivity index (χ1n) is 8.95. The summed E-state index contributed by atoms with van der Waals surface area (Å²) in [6, 6.07) is 7.54. The summed E-state index contributed by atoms with van der Waals surface area (Å²) in [5.41, 5.74) is 1.90. The van der Waals surface area contributed by atoms with Gasteiger partial charge in [0, 0.05) is 26.1 Å². The average molecular weight is 340 g/mol. The highest BCUT2D eigenvalue weighted by molar-refractivity contribution is 5.93. The maximum Gasteiger partial charge on any atom is 0.274 e. The van der Waals surface area contributed by atoms with Gasteiger partial charge in [0.2, 0.25) is 5.91 Å². The minimum Gasteiger partial charge on any atom is -0.356 e. The number of aromatic nitrogens is 2. The molecule has 0 saturated carbocycles. The molecule has 6 heteroatoms. The Morgan fingerprint density at radius 3 is 2.88 bits per heavy atom. The fourth-order valence-electron chi connectivity index (χ4n) is 3.21. The zero-order chi connectivity index (χ0) is 17.6. The molecule has 6 nitrogen and oxygen atoms in total. The summed E-state index contributed by atoms with van der Waals surface area (Å²) in [5.74, 6) is 0.307. The van der Waals surface area contributed by atoms with E-state index in [1.54, 1.807) is 6.20 Å². The fourth-order valence-corrected chi connectivity index (χ4v) is 3.21. The minimum absolute atomic E-state index is 0.0807. The van der Waals surface area contributed by atoms with Gasteiger partial charge in [-0.05, 0) is 37.3 Å². The standard InChI is InChI=1S/C19H24N4O2/c1-2-6-18(24)21-11-14-7-5-10-23(13-14)19(25)17-12-20-15-8-3-4-9-16(15)22-17/h3-4,8-9,12,14H,2,5-7,10-11,13H2,1H3,(H,21,24). The van der Waals surface area contributed by atoms with Crippen molar-refractivity contribution in [2.75, 3.05) is 19.6 Å². The Kier molecular flexibility index (Phi) is 5.58. The number of rotatable bonds is 5. The summed E-state index contributed by atoms with van der Waals surface area (Å²) in [5, 5.41) is 2.97. The number of hydrogen-bond acceptors (Lipinski definition) is 4. The molecular weight excluding hydrogens is 316 g/mol. The molecule has 1 aliphatic heterocycles. The van der Waals surface area contributed by atoms with Crippen LogP contribution in [0.2, 0.25) is 0 Å². The van der Waals surface area contributed by atoms with Crippen LogP contribution in [-0.2, 0) is 4.79 Å². The highest BCUT2D eigenvalue weighted by atomic mass is 16.2. The van der Waals surface area contributed by atoms with Crippen LogP contribution in [0.25, 0.3) is 11.0 Å². The van der Waals surface area contributed by atoms with E-state index in [0.29, 0.717) is 31.1 Å². The van der Waals surface area contributed by atoms with Gasteiger partial charge in [-0.2, -0.15) is 0 Å². The van der Waals surface area contributed by atoms with Crippen LogP contribution in [0.4, 0.5) is 0 Å². The van der Waals surface area contributed by atoms with Crippen molar-refractivity contribution in [1.29, 1.82) is 0 Å². The Morgan fingerprint density at radius 1 is 1.28 bits per heavy atom. The number of nitrogens with one attached hydrogen (secondary N) is 1. The Hall–Kier alpha value is -2.50. The van der Waals surface area contributed by atoms with Crippen LogP contribution in [0.3, 0.4) is 0 Å². The van der Waals surface area contributed by atoms with Crippen molar-refractivity contribution < 1.29 is 9.59 Å². The van der Waals surface area contributed by atoms with Crippen molar-refractivity contribution in [1.82, 2.24) is 20.2 Å². The van der Waals surface area contributed by atoms with Crippen molar-refractivity contribution >= 4 is 22.8 Å². The van der Waals surface area contributed by atoms with E-state index in [4.69, 9.17) is 0 Å². The van der Waals surface area contributed by atoms with Crippen molar-refractivity contribution in [3.8, 4) is 0 Å². The number of benzene rings is 1. The number of para-hydroxylation sites is 2. The molecule has 1 atom stereocenters. The Balaban J connectivity index is 1.63. The lowest BCUT2D eigenvalue weighted by atomic mass is 9.97. The van der Waals surface area contributed by atoms with Crippen LogP contribution in [-0.4, -0.2) is 46.3 Å². The third-order valence-electron chi connectivity index (χ3n) is 4.54. The van der Waals surface area contributed by atoms with Crippen LogP contribution in [0.5, 0.6) is 0 Å². The summed E-state index contributed by atoms with van der Waals surface area (Å²) in [4.78, 5) is 35.0. The van der Waals surface area contributed by atoms with Crippen molar-refractivity contribution in [2.24, 2.45) is 5.92 Å². The number of nitrogens with zero attached hydrogens (tertiary/aromatic N) is 3. The molecular formula is C19H24N4O2. The van der Waals surface area contributed by atoms with Gasteiger partial charge in [0.05, 0.1) is 17.2 Å². The van der Waals surface area contributed by atoms with Gasteiger partial charge in [0.15, 0.2) is 0 Å². The summed E-state index contributed by atoms with van der Waals surface area (Å²) in [6.07, 6.45) is 4.93. The molecule has 1 aromatic carbocycles. The van der Waals surface area contributed by atoms with Gasteiger partial charge in [-0.1, -0.05) is 19.1 Å². The first-order valence-corrected chi connectivity index (χ1v) is 8.95. The lowest BCUT2D eigenvalue weighted by Crippen LogP contribution is -2.44. The molecule has 0 bridgehead atoms. The molecule has 1 fully saturated rings. The van der Waals surface area contributed by atoms with E-state index < -0.39 is 0 Å². The van der Waals surface area contributed by atoms with Gasteiger partial charge < -0.3 is 10.2 Å². The smallest absolute Gasteiger partial charge is 0.274 e. The average Bonchev–Trinajstić information content (AvgIpc) is 2.66. The Bertz CT molecular complexity index is 762. The molecule has 0 aliphatic carbocycles. The lowest BCUT2D eigenvalue weighted by molar-refractivity contribution is -0.121. The normalized spacial score (nSPS) is 17.5. The molecule has 132 valence electrons. The highest BCUT2D eigenvalue weighted by Crippen LogP contribution is 2.18. The second-order valence-corrected chi connectivity index (χ2v) is 6.56. The third-order valence-corrected chi connectivity index (χ3v) is 4.54. The topological polar surface area (TPSA) is 75.2 Å². The van der Waals surface area contributed by atoms with Crippen LogP contribution >= 0.6 is 0 Å². The molecule has 0 spiro atoms. The summed E-state index contributed by atoms with van der Waals surface area (Å²) in [6.45, 7) is 4.00. The summed E-state index contributed by atoms with van der Waals surface area (Å²) < 4.78 is 0. The second-order valence-electron chi connectivity index (χ2n) is 6.56. The zero-order valence-corrected chi connectivity index (χ0v) is 14.6. The number of amides is 2. The van der Waals surface area contributed by atoms with Gasteiger partial charge in [0.1, 0.15) is 5.69 Å². The first kappa shape index (κ1) is 17.3. The lowest BCUT2D eigenvalue weighted by Gasteiger charge is -2.32. The Morgan fingerprint density at radius 2 is 2.08 bits per heavy atom. The number of carbonyl (C=O) groups excluding carboxylic acids is 2. The molecule has 2 heterocycles. The number of fused-ring (bicyclic) bond motifs is 1. The van der Waals surface area contributed by atoms with Gasteiger partial charge in [-0.25, -0.2) is 4.98 Å². The molecule has 1 N–H and O–H groups in total. The van der Waals surface area contributed by atoms with Crippen LogP contribution in [0, 0.1) is 5.92 Å². The molecule has 1 aliphatic rings. The van der Waals surface area contributed by atoms with Gasteiger partial charge in [-0.15, -0.1) is 0 Å². The molecule has 1 unspecified atom stereocenters. The molecule has 25 heavy (non-hydrogen) atoms. The maximum atomic E-state index is 12.8. The molecule has 2 amide bonds. The number of hydrogen-bond donors (Lipinski definition) is 1. The fraction of sp³-hybridized carbons (Fsp3) is 0.474. The Labute approximate surface area is 147 Å². The van der Waals surface area contributed by atoms with Crippen molar-refractivity contribution in [2.45, 2.75) is 32.6 Å². The first-order chi connectivity index (χ1) is 12.2. The van der Waals surface area contributed by atoms with E-state index in [-0.39, 0.29) is 11.8 Å². The summed E-state index contributed by atoms with van der Waals surface area (Å²) >= 11 is 0. The predicted molar refractivity (Wildman–Crippen MR) is 96.1 cm³/mol.